The molecule has 0 aliphatic heterocycles. The molecule has 0 saturated carbocycles. The maximum atomic E-state index is 13.6. The van der Waals surface area contributed by atoms with E-state index in [9.17, 15) is 9.18 Å². The van der Waals surface area contributed by atoms with Crippen molar-refractivity contribution in [1.29, 1.82) is 0 Å². The van der Waals surface area contributed by atoms with Crippen molar-refractivity contribution >= 4 is 17.5 Å². The van der Waals surface area contributed by atoms with Gasteiger partial charge in [-0.25, -0.2) is 4.39 Å². The number of carbonyl (C=O) groups is 1. The van der Waals surface area contributed by atoms with Gasteiger partial charge in [0.15, 0.2) is 5.82 Å². The number of amides is 1. The highest BCUT2D eigenvalue weighted by atomic mass is 35.5. The quantitative estimate of drug-likeness (QED) is 0.845. The van der Waals surface area contributed by atoms with Crippen molar-refractivity contribution in [1.82, 2.24) is 5.32 Å². The molecule has 0 aromatic heterocycles. The van der Waals surface area contributed by atoms with Crippen molar-refractivity contribution in [3.05, 3.63) is 34.6 Å². The minimum absolute atomic E-state index is 0.0505. The van der Waals surface area contributed by atoms with Crippen molar-refractivity contribution in [2.45, 2.75) is 26.7 Å². The second-order valence-electron chi connectivity index (χ2n) is 5.28. The summed E-state index contributed by atoms with van der Waals surface area (Å²) in [6.45, 7) is 4.51. The minimum Gasteiger partial charge on any atom is -0.396 e. The van der Waals surface area contributed by atoms with Crippen LogP contribution in [0.2, 0.25) is 5.02 Å². The fourth-order valence-corrected chi connectivity index (χ4v) is 1.91. The van der Waals surface area contributed by atoms with Crippen LogP contribution in [0, 0.1) is 11.2 Å². The Morgan fingerprint density at radius 1 is 1.47 bits per heavy atom. The number of hydrogen-bond acceptors (Lipinski definition) is 2. The molecule has 0 aliphatic rings. The number of halogens is 2. The zero-order valence-electron chi connectivity index (χ0n) is 11.2. The number of aliphatic hydroxyl groups is 1. The van der Waals surface area contributed by atoms with Crippen molar-refractivity contribution in [2.24, 2.45) is 5.41 Å². The van der Waals surface area contributed by atoms with Gasteiger partial charge in [-0.05, 0) is 30.4 Å². The first-order valence-electron chi connectivity index (χ1n) is 6.20. The molecule has 5 heteroatoms. The van der Waals surface area contributed by atoms with Gasteiger partial charge in [-0.3, -0.25) is 4.79 Å². The van der Waals surface area contributed by atoms with Gasteiger partial charge in [0.25, 0.3) is 5.91 Å². The van der Waals surface area contributed by atoms with Gasteiger partial charge in [0.05, 0.1) is 10.6 Å². The van der Waals surface area contributed by atoms with Crippen LogP contribution in [0.3, 0.4) is 0 Å². The summed E-state index contributed by atoms with van der Waals surface area (Å²) >= 11 is 5.63. The summed E-state index contributed by atoms with van der Waals surface area (Å²) in [6.07, 6.45) is 1.45. The molecule has 1 amide bonds. The number of aliphatic hydroxyl groups excluding tert-OH is 1. The van der Waals surface area contributed by atoms with Crippen LogP contribution < -0.4 is 5.32 Å². The third-order valence-corrected chi connectivity index (χ3v) is 3.23. The summed E-state index contributed by atoms with van der Waals surface area (Å²) in [5.74, 6) is -1.17. The molecule has 0 aliphatic carbocycles. The summed E-state index contributed by atoms with van der Waals surface area (Å²) in [7, 11) is 0. The van der Waals surface area contributed by atoms with E-state index in [1.807, 2.05) is 13.8 Å². The van der Waals surface area contributed by atoms with Crippen LogP contribution in [0.1, 0.15) is 37.0 Å². The van der Waals surface area contributed by atoms with Crippen LogP contribution >= 0.6 is 11.6 Å². The molecule has 3 nitrogen and oxygen atoms in total. The molecular weight excluding hydrogens is 269 g/mol. The second kappa shape index (κ2) is 6.87. The molecule has 0 bridgehead atoms. The molecule has 1 rings (SSSR count). The van der Waals surface area contributed by atoms with Gasteiger partial charge in [0.2, 0.25) is 0 Å². The minimum atomic E-state index is -0.699. The van der Waals surface area contributed by atoms with E-state index in [1.165, 1.54) is 18.2 Å². The molecule has 1 aromatic carbocycles. The molecule has 1 aromatic rings. The number of rotatable bonds is 6. The Hall–Kier alpha value is -1.13. The zero-order chi connectivity index (χ0) is 14.5. The van der Waals surface area contributed by atoms with Crippen LogP contribution in [-0.4, -0.2) is 24.2 Å². The molecule has 0 fully saturated rings. The standard InChI is InChI=1S/C14H19ClFNO2/c1-14(2,7-4-8-18)9-17-13(19)10-5-3-6-11(15)12(10)16/h3,5-6,18H,4,7-9H2,1-2H3,(H,17,19). The summed E-state index contributed by atoms with van der Waals surface area (Å²) in [4.78, 5) is 11.9. The van der Waals surface area contributed by atoms with Gasteiger partial charge in [-0.1, -0.05) is 31.5 Å². The molecule has 0 unspecified atom stereocenters. The SMILES string of the molecule is CC(C)(CCCO)CNC(=O)c1cccc(Cl)c1F. The fraction of sp³-hybridized carbons (Fsp3) is 0.500. The van der Waals surface area contributed by atoms with Gasteiger partial charge in [0, 0.05) is 13.2 Å². The summed E-state index contributed by atoms with van der Waals surface area (Å²) in [6, 6.07) is 4.34. The van der Waals surface area contributed by atoms with E-state index >= 15 is 0 Å². The molecule has 2 N–H and O–H groups in total. The van der Waals surface area contributed by atoms with E-state index in [4.69, 9.17) is 16.7 Å². The highest BCUT2D eigenvalue weighted by Gasteiger charge is 2.20. The smallest absolute Gasteiger partial charge is 0.254 e. The van der Waals surface area contributed by atoms with Crippen molar-refractivity contribution in [3.8, 4) is 0 Å². The number of benzene rings is 1. The van der Waals surface area contributed by atoms with Gasteiger partial charge in [0.1, 0.15) is 0 Å². The lowest BCUT2D eigenvalue weighted by Gasteiger charge is -2.24. The van der Waals surface area contributed by atoms with E-state index in [0.29, 0.717) is 13.0 Å². The first-order valence-corrected chi connectivity index (χ1v) is 6.58. The molecule has 0 radical (unpaired) electrons. The van der Waals surface area contributed by atoms with Gasteiger partial charge in [-0.2, -0.15) is 0 Å². The van der Waals surface area contributed by atoms with Gasteiger partial charge < -0.3 is 10.4 Å². The van der Waals surface area contributed by atoms with E-state index in [2.05, 4.69) is 5.32 Å². The Labute approximate surface area is 117 Å². The van der Waals surface area contributed by atoms with E-state index in [1.54, 1.807) is 0 Å². The lowest BCUT2D eigenvalue weighted by atomic mass is 9.88. The normalized spacial score (nSPS) is 11.4. The average molecular weight is 288 g/mol. The Bertz CT molecular complexity index is 449. The fourth-order valence-electron chi connectivity index (χ4n) is 1.74. The monoisotopic (exact) mass is 287 g/mol. The molecule has 0 spiro atoms. The summed E-state index contributed by atoms with van der Waals surface area (Å²) in [5.41, 5.74) is -0.196. The average Bonchev–Trinajstić information content (AvgIpc) is 2.37. The molecule has 106 valence electrons. The van der Waals surface area contributed by atoms with Crippen LogP contribution in [0.5, 0.6) is 0 Å². The lowest BCUT2D eigenvalue weighted by molar-refractivity contribution is 0.0929. The number of nitrogens with one attached hydrogen (secondary N) is 1. The number of carbonyl (C=O) groups excluding carboxylic acids is 1. The Morgan fingerprint density at radius 2 is 2.16 bits per heavy atom. The third kappa shape index (κ3) is 4.80. The van der Waals surface area contributed by atoms with Crippen LogP contribution in [0.25, 0.3) is 0 Å². The molecule has 0 heterocycles. The van der Waals surface area contributed by atoms with Gasteiger partial charge >= 0.3 is 0 Å². The predicted molar refractivity (Wildman–Crippen MR) is 73.8 cm³/mol. The Kier molecular flexibility index (Phi) is 5.76. The van der Waals surface area contributed by atoms with E-state index in [0.717, 1.165) is 6.42 Å². The summed E-state index contributed by atoms with van der Waals surface area (Å²) < 4.78 is 13.6. The maximum Gasteiger partial charge on any atom is 0.254 e. The van der Waals surface area contributed by atoms with Crippen molar-refractivity contribution in [2.75, 3.05) is 13.2 Å². The van der Waals surface area contributed by atoms with E-state index < -0.39 is 11.7 Å². The van der Waals surface area contributed by atoms with Gasteiger partial charge in [-0.15, -0.1) is 0 Å². The van der Waals surface area contributed by atoms with Crippen LogP contribution in [0.4, 0.5) is 4.39 Å². The Morgan fingerprint density at radius 3 is 2.79 bits per heavy atom. The molecule has 0 atom stereocenters. The topological polar surface area (TPSA) is 49.3 Å². The van der Waals surface area contributed by atoms with Crippen molar-refractivity contribution < 1.29 is 14.3 Å². The largest absolute Gasteiger partial charge is 0.396 e. The maximum absolute atomic E-state index is 13.6. The van der Waals surface area contributed by atoms with E-state index in [-0.39, 0.29) is 22.6 Å². The highest BCUT2D eigenvalue weighted by Crippen LogP contribution is 2.22. The molecule has 0 saturated heterocycles. The lowest BCUT2D eigenvalue weighted by Crippen LogP contribution is -2.34. The molecular formula is C14H19ClFNO2. The van der Waals surface area contributed by atoms with Crippen LogP contribution in [-0.2, 0) is 0 Å². The predicted octanol–water partition coefficient (Wildman–Crippen LogP) is 3.01. The highest BCUT2D eigenvalue weighted by molar-refractivity contribution is 6.31. The Balaban J connectivity index is 2.63. The second-order valence-corrected chi connectivity index (χ2v) is 5.68. The number of hydrogen-bond donors (Lipinski definition) is 2. The zero-order valence-corrected chi connectivity index (χ0v) is 11.9. The summed E-state index contributed by atoms with van der Waals surface area (Å²) in [5, 5.41) is 11.4. The first-order chi connectivity index (χ1) is 8.87. The third-order valence-electron chi connectivity index (χ3n) is 2.94. The first kappa shape index (κ1) is 15.9. The molecule has 19 heavy (non-hydrogen) atoms. The van der Waals surface area contributed by atoms with Crippen LogP contribution in [0.15, 0.2) is 18.2 Å². The van der Waals surface area contributed by atoms with Crippen molar-refractivity contribution in [3.63, 3.8) is 0 Å².